The average Bonchev–Trinajstić information content (AvgIpc) is 3.16. The van der Waals surface area contributed by atoms with Gasteiger partial charge < -0.3 is 21.3 Å². The van der Waals surface area contributed by atoms with Crippen molar-refractivity contribution in [2.45, 2.75) is 44.2 Å². The van der Waals surface area contributed by atoms with Gasteiger partial charge >= 0.3 is 0 Å². The lowest BCUT2D eigenvalue weighted by Crippen LogP contribution is -2.52. The fourth-order valence-electron chi connectivity index (χ4n) is 3.68. The minimum absolute atomic E-state index is 0.0126. The van der Waals surface area contributed by atoms with Crippen LogP contribution in [0.3, 0.4) is 0 Å². The smallest absolute Gasteiger partial charge is 0.223 e. The van der Waals surface area contributed by atoms with Crippen LogP contribution in [0.15, 0.2) is 17.5 Å². The van der Waals surface area contributed by atoms with Crippen LogP contribution < -0.4 is 16.4 Å². The highest BCUT2D eigenvalue weighted by Gasteiger charge is 2.34. The molecule has 4 N–H and O–H groups in total. The van der Waals surface area contributed by atoms with Crippen molar-refractivity contribution in [3.8, 4) is 0 Å². The number of thiophene rings is 1. The van der Waals surface area contributed by atoms with Crippen molar-refractivity contribution in [1.82, 2.24) is 15.5 Å². The molecular weight excluding hydrogens is 352 g/mol. The Morgan fingerprint density at radius 2 is 2.08 bits per heavy atom. The van der Waals surface area contributed by atoms with E-state index in [1.165, 1.54) is 0 Å². The van der Waals surface area contributed by atoms with Gasteiger partial charge in [0.25, 0.3) is 0 Å². The largest absolute Gasteiger partial charge is 0.370 e. The Balaban J connectivity index is 1.52. The van der Waals surface area contributed by atoms with Gasteiger partial charge in [0, 0.05) is 30.2 Å². The summed E-state index contributed by atoms with van der Waals surface area (Å²) in [4.78, 5) is 38.7. The zero-order valence-electron chi connectivity index (χ0n) is 14.8. The van der Waals surface area contributed by atoms with E-state index < -0.39 is 0 Å². The molecule has 0 unspecified atom stereocenters. The molecule has 3 heterocycles. The lowest BCUT2D eigenvalue weighted by Gasteiger charge is -2.35. The molecule has 3 amide bonds. The fraction of sp³-hybridized carbons (Fsp3) is 0.611. The topological polar surface area (TPSA) is 105 Å². The third-order valence-corrected chi connectivity index (χ3v) is 6.17. The van der Waals surface area contributed by atoms with E-state index >= 15 is 0 Å². The predicted octanol–water partition coefficient (Wildman–Crippen LogP) is 0.771. The minimum Gasteiger partial charge on any atom is -0.370 e. The Labute approximate surface area is 157 Å². The number of hydrogen-bond acceptors (Lipinski definition) is 5. The minimum atomic E-state index is -0.288. The number of nitrogens with zero attached hydrogens (tertiary/aromatic N) is 1. The number of nitrogens with one attached hydrogen (secondary N) is 2. The molecule has 2 atom stereocenters. The summed E-state index contributed by atoms with van der Waals surface area (Å²) in [6.45, 7) is 2.28. The number of primary amides is 1. The van der Waals surface area contributed by atoms with Gasteiger partial charge in [-0.1, -0.05) is 6.07 Å². The maximum absolute atomic E-state index is 12.7. The molecule has 2 fully saturated rings. The molecule has 142 valence electrons. The van der Waals surface area contributed by atoms with Gasteiger partial charge in [-0.2, -0.15) is 0 Å². The third-order valence-electron chi connectivity index (χ3n) is 5.21. The Hall–Kier alpha value is -1.93. The summed E-state index contributed by atoms with van der Waals surface area (Å²) in [5.74, 6) is -0.191. The first-order valence-corrected chi connectivity index (χ1v) is 10.0. The van der Waals surface area contributed by atoms with E-state index in [-0.39, 0.29) is 35.7 Å². The van der Waals surface area contributed by atoms with E-state index in [0.717, 1.165) is 30.8 Å². The van der Waals surface area contributed by atoms with Crippen LogP contribution in [0.5, 0.6) is 0 Å². The van der Waals surface area contributed by atoms with Crippen molar-refractivity contribution in [1.29, 1.82) is 0 Å². The van der Waals surface area contributed by atoms with Crippen LogP contribution in [-0.2, 0) is 14.4 Å². The van der Waals surface area contributed by atoms with Gasteiger partial charge in [-0.05, 0) is 43.8 Å². The van der Waals surface area contributed by atoms with Crippen LogP contribution in [0, 0.1) is 5.92 Å². The van der Waals surface area contributed by atoms with E-state index in [1.54, 1.807) is 11.3 Å². The van der Waals surface area contributed by atoms with Crippen molar-refractivity contribution in [2.75, 3.05) is 19.6 Å². The van der Waals surface area contributed by atoms with Gasteiger partial charge in [0.1, 0.15) is 0 Å². The van der Waals surface area contributed by atoms with Gasteiger partial charge in [-0.25, -0.2) is 0 Å². The summed E-state index contributed by atoms with van der Waals surface area (Å²) >= 11 is 1.60. The second kappa shape index (κ2) is 8.64. The highest BCUT2D eigenvalue weighted by Crippen LogP contribution is 2.28. The van der Waals surface area contributed by atoms with E-state index in [9.17, 15) is 14.4 Å². The maximum atomic E-state index is 12.7. The number of rotatable bonds is 6. The molecular formula is C18H26N4O3S. The quantitative estimate of drug-likeness (QED) is 0.680. The molecule has 0 bridgehead atoms. The van der Waals surface area contributed by atoms with Crippen LogP contribution in [0.1, 0.15) is 43.0 Å². The molecule has 0 saturated carbocycles. The standard InChI is InChI=1S/C18H26N4O3S/c19-15(23)7-10-22-8-5-12(6-9-22)18(25)20-13-3-4-16(24)21-17(13)14-2-1-11-26-14/h1-2,11-13,17H,3-10H2,(H2,19,23)(H,20,25)(H,21,24)/t13-,17-/m1/s1. The van der Waals surface area contributed by atoms with Crippen molar-refractivity contribution >= 4 is 29.1 Å². The van der Waals surface area contributed by atoms with Crippen molar-refractivity contribution in [2.24, 2.45) is 11.7 Å². The number of likely N-dealkylation sites (tertiary alicyclic amines) is 1. The number of amides is 3. The molecule has 3 rings (SSSR count). The van der Waals surface area contributed by atoms with Gasteiger partial charge in [0.15, 0.2) is 0 Å². The summed E-state index contributed by atoms with van der Waals surface area (Å²) in [5, 5.41) is 8.17. The van der Waals surface area contributed by atoms with Crippen molar-refractivity contribution in [3.05, 3.63) is 22.4 Å². The zero-order chi connectivity index (χ0) is 18.5. The molecule has 2 aliphatic heterocycles. The highest BCUT2D eigenvalue weighted by atomic mass is 32.1. The zero-order valence-corrected chi connectivity index (χ0v) is 15.6. The van der Waals surface area contributed by atoms with Gasteiger partial charge in [0.05, 0.1) is 12.1 Å². The van der Waals surface area contributed by atoms with E-state index in [1.807, 2.05) is 17.5 Å². The van der Waals surface area contributed by atoms with Gasteiger partial charge in [0.2, 0.25) is 17.7 Å². The maximum Gasteiger partial charge on any atom is 0.223 e. The predicted molar refractivity (Wildman–Crippen MR) is 99.3 cm³/mol. The van der Waals surface area contributed by atoms with Crippen molar-refractivity contribution < 1.29 is 14.4 Å². The molecule has 0 aromatic carbocycles. The summed E-state index contributed by atoms with van der Waals surface area (Å²) in [5.41, 5.74) is 5.19. The number of carbonyl (C=O) groups is 3. The molecule has 0 spiro atoms. The second-order valence-corrected chi connectivity index (χ2v) is 8.03. The first-order chi connectivity index (χ1) is 12.5. The Bertz CT molecular complexity index is 641. The van der Waals surface area contributed by atoms with Gasteiger partial charge in [-0.15, -0.1) is 11.3 Å². The lowest BCUT2D eigenvalue weighted by atomic mass is 9.92. The summed E-state index contributed by atoms with van der Waals surface area (Å²) < 4.78 is 0. The molecule has 1 aromatic rings. The highest BCUT2D eigenvalue weighted by molar-refractivity contribution is 7.10. The molecule has 1 aromatic heterocycles. The number of hydrogen-bond donors (Lipinski definition) is 3. The summed E-state index contributed by atoms with van der Waals surface area (Å²) in [6.07, 6.45) is 3.04. The SMILES string of the molecule is NC(=O)CCN1CCC(C(=O)N[C@@H]2CCC(=O)N[C@H]2c2cccs2)CC1. The fourth-order valence-corrected chi connectivity index (χ4v) is 4.52. The second-order valence-electron chi connectivity index (χ2n) is 7.05. The monoisotopic (exact) mass is 378 g/mol. The average molecular weight is 378 g/mol. The summed E-state index contributed by atoms with van der Waals surface area (Å²) in [6, 6.07) is 3.75. The Kier molecular flexibility index (Phi) is 6.26. The van der Waals surface area contributed by atoms with Crippen molar-refractivity contribution in [3.63, 3.8) is 0 Å². The number of nitrogens with two attached hydrogens (primary N) is 1. The molecule has 26 heavy (non-hydrogen) atoms. The molecule has 0 aliphatic carbocycles. The normalized spacial score (nSPS) is 24.8. The Morgan fingerprint density at radius 1 is 1.31 bits per heavy atom. The first-order valence-electron chi connectivity index (χ1n) is 9.16. The van der Waals surface area contributed by atoms with Crippen LogP contribution in [-0.4, -0.2) is 48.3 Å². The number of carbonyl (C=O) groups excluding carboxylic acids is 3. The van der Waals surface area contributed by atoms with Crippen LogP contribution in [0.2, 0.25) is 0 Å². The van der Waals surface area contributed by atoms with Crippen LogP contribution in [0.4, 0.5) is 0 Å². The molecule has 0 radical (unpaired) electrons. The molecule has 2 aliphatic rings. The third kappa shape index (κ3) is 4.82. The number of piperidine rings is 2. The molecule has 2 saturated heterocycles. The van der Waals surface area contributed by atoms with Crippen LogP contribution in [0.25, 0.3) is 0 Å². The van der Waals surface area contributed by atoms with E-state index in [4.69, 9.17) is 5.73 Å². The van der Waals surface area contributed by atoms with E-state index in [0.29, 0.717) is 25.8 Å². The lowest BCUT2D eigenvalue weighted by molar-refractivity contribution is -0.130. The van der Waals surface area contributed by atoms with Crippen LogP contribution >= 0.6 is 11.3 Å². The first kappa shape index (κ1) is 18.8. The summed E-state index contributed by atoms with van der Waals surface area (Å²) in [7, 11) is 0. The molecule has 8 heteroatoms. The van der Waals surface area contributed by atoms with Gasteiger partial charge in [-0.3, -0.25) is 14.4 Å². The van der Waals surface area contributed by atoms with E-state index in [2.05, 4.69) is 15.5 Å². The molecule has 7 nitrogen and oxygen atoms in total. The Morgan fingerprint density at radius 3 is 2.73 bits per heavy atom.